The van der Waals surface area contributed by atoms with Crippen LogP contribution in [0.5, 0.6) is 0 Å². The number of anilines is 1. The Balaban J connectivity index is 1.61. The zero-order valence-corrected chi connectivity index (χ0v) is 19.9. The summed E-state index contributed by atoms with van der Waals surface area (Å²) in [6.07, 6.45) is 4.64. The van der Waals surface area contributed by atoms with E-state index in [1.807, 2.05) is 20.8 Å². The van der Waals surface area contributed by atoms with Gasteiger partial charge in [0.25, 0.3) is 0 Å². The van der Waals surface area contributed by atoms with Crippen LogP contribution >= 0.6 is 11.8 Å². The fourth-order valence-corrected chi connectivity index (χ4v) is 6.10. The summed E-state index contributed by atoms with van der Waals surface area (Å²) in [6, 6.07) is 0.850. The second kappa shape index (κ2) is 8.44. The molecule has 0 unspecified atom stereocenters. The summed E-state index contributed by atoms with van der Waals surface area (Å²) in [7, 11) is 0. The average molecular weight is 489 g/mol. The molecule has 2 atom stereocenters. The van der Waals surface area contributed by atoms with Gasteiger partial charge in [0.1, 0.15) is 16.5 Å². The number of hydrogen-bond acceptors (Lipinski definition) is 7. The number of aliphatic carboxylic acids is 1. The molecule has 3 heterocycles. The lowest BCUT2D eigenvalue weighted by Gasteiger charge is -2.47. The van der Waals surface area contributed by atoms with Crippen LogP contribution in [0.1, 0.15) is 46.5 Å². The van der Waals surface area contributed by atoms with Crippen LogP contribution in [0.3, 0.4) is 0 Å². The molecule has 11 heteroatoms. The van der Waals surface area contributed by atoms with Crippen molar-refractivity contribution in [1.29, 1.82) is 0 Å². The predicted molar refractivity (Wildman–Crippen MR) is 124 cm³/mol. The Bertz CT molecular complexity index is 1250. The van der Waals surface area contributed by atoms with Gasteiger partial charge in [-0.05, 0) is 43.6 Å². The van der Waals surface area contributed by atoms with E-state index in [-0.39, 0.29) is 38.9 Å². The third-order valence-electron chi connectivity index (χ3n) is 6.63. The lowest BCUT2D eigenvalue weighted by atomic mass is 9.61. The van der Waals surface area contributed by atoms with Gasteiger partial charge in [0.05, 0.1) is 17.5 Å². The maximum atomic E-state index is 15.7. The molecule has 0 spiro atoms. The molecule has 0 saturated heterocycles. The zero-order chi connectivity index (χ0) is 24.2. The van der Waals surface area contributed by atoms with Gasteiger partial charge in [-0.2, -0.15) is 9.49 Å². The van der Waals surface area contributed by atoms with Gasteiger partial charge in [0, 0.05) is 10.8 Å². The van der Waals surface area contributed by atoms with Crippen LogP contribution < -0.4 is 5.32 Å². The Kier molecular flexibility index (Phi) is 5.70. The molecule has 8 nitrogen and oxygen atoms in total. The number of thioether (sulfide) groups is 1. The van der Waals surface area contributed by atoms with Gasteiger partial charge < -0.3 is 10.4 Å². The molecule has 3 fully saturated rings. The van der Waals surface area contributed by atoms with Crippen LogP contribution in [0.25, 0.3) is 22.6 Å². The normalized spacial score (nSPS) is 24.5. The summed E-state index contributed by atoms with van der Waals surface area (Å²) >= 11 is 1.24. The molecule has 0 radical (unpaired) electrons. The first kappa shape index (κ1) is 22.9. The number of fused-ring (bicyclic) bond motifs is 4. The summed E-state index contributed by atoms with van der Waals surface area (Å²) in [5, 5.41) is 20.5. The minimum Gasteiger partial charge on any atom is -0.481 e. The van der Waals surface area contributed by atoms with Gasteiger partial charge >= 0.3 is 5.97 Å². The number of pyridine rings is 1. The van der Waals surface area contributed by atoms with E-state index < -0.39 is 29.6 Å². The van der Waals surface area contributed by atoms with E-state index >= 15 is 4.39 Å². The topological polar surface area (TPSA) is 117 Å². The molecule has 0 aromatic carbocycles. The Morgan fingerprint density at radius 1 is 1.18 bits per heavy atom. The van der Waals surface area contributed by atoms with Gasteiger partial charge in [-0.3, -0.25) is 9.89 Å². The Hall–Kier alpha value is -2.82. The molecule has 34 heavy (non-hydrogen) atoms. The third-order valence-corrected chi connectivity index (χ3v) is 7.70. The Morgan fingerprint density at radius 3 is 2.56 bits per heavy atom. The van der Waals surface area contributed by atoms with Crippen LogP contribution in [0.2, 0.25) is 0 Å². The first-order valence-corrected chi connectivity index (χ1v) is 12.2. The number of halogens is 2. The summed E-state index contributed by atoms with van der Waals surface area (Å²) in [5.41, 5.74) is 0.611. The van der Waals surface area contributed by atoms with E-state index in [9.17, 15) is 14.3 Å². The standard InChI is InChI=1S/C23H26F2N6O2S/c1-23(2,3)34-21-15(25)19(27-16-11-6-4-10(5-7-11)14(16)22(32)33)28-20(29-21)17-13-8-12(24)9-26-18(13)31-30-17/h8-11,14,16H,4-7H2,1-3H3,(H,32,33)(H,26,30,31)(H,27,28,29)/t10?,11?,14-,16-/m0/s1. The molecule has 3 saturated carbocycles. The van der Waals surface area contributed by atoms with Crippen LogP contribution in [0.4, 0.5) is 14.6 Å². The highest BCUT2D eigenvalue weighted by molar-refractivity contribution is 8.00. The van der Waals surface area contributed by atoms with Crippen molar-refractivity contribution in [2.45, 2.75) is 62.3 Å². The third kappa shape index (κ3) is 4.21. The van der Waals surface area contributed by atoms with E-state index in [1.54, 1.807) is 0 Å². The quantitative estimate of drug-likeness (QED) is 0.344. The number of carboxylic acid groups (broad SMARTS) is 1. The molecule has 0 aliphatic heterocycles. The van der Waals surface area contributed by atoms with E-state index in [0.29, 0.717) is 11.0 Å². The van der Waals surface area contributed by atoms with E-state index in [2.05, 4.69) is 30.5 Å². The van der Waals surface area contributed by atoms with Gasteiger partial charge in [-0.15, -0.1) is 0 Å². The van der Waals surface area contributed by atoms with Gasteiger partial charge in [-0.1, -0.05) is 32.5 Å². The zero-order valence-electron chi connectivity index (χ0n) is 19.1. The second-order valence-corrected chi connectivity index (χ2v) is 11.9. The van der Waals surface area contributed by atoms with Crippen molar-refractivity contribution in [2.75, 3.05) is 5.32 Å². The van der Waals surface area contributed by atoms with Crippen molar-refractivity contribution >= 4 is 34.6 Å². The monoisotopic (exact) mass is 488 g/mol. The summed E-state index contributed by atoms with van der Waals surface area (Å²) in [6.45, 7) is 5.82. The van der Waals surface area contributed by atoms with E-state index in [4.69, 9.17) is 0 Å². The molecule has 6 rings (SSSR count). The maximum Gasteiger partial charge on any atom is 0.308 e. The van der Waals surface area contributed by atoms with Crippen LogP contribution in [0, 0.1) is 29.4 Å². The summed E-state index contributed by atoms with van der Waals surface area (Å²) in [5.74, 6) is -2.38. The molecule has 0 amide bonds. The number of carbonyl (C=O) groups is 1. The van der Waals surface area contributed by atoms with Crippen LogP contribution in [0.15, 0.2) is 17.3 Å². The van der Waals surface area contributed by atoms with Crippen LogP contribution in [-0.2, 0) is 4.79 Å². The van der Waals surface area contributed by atoms with Crippen molar-refractivity contribution in [3.8, 4) is 11.5 Å². The van der Waals surface area contributed by atoms with E-state index in [0.717, 1.165) is 31.9 Å². The number of nitrogens with zero attached hydrogens (tertiary/aromatic N) is 4. The minimum atomic E-state index is -0.870. The van der Waals surface area contributed by atoms with Crippen LogP contribution in [-0.4, -0.2) is 47.0 Å². The van der Waals surface area contributed by atoms with Gasteiger partial charge in [0.2, 0.25) is 0 Å². The first-order valence-electron chi connectivity index (χ1n) is 11.4. The molecular weight excluding hydrogens is 462 g/mol. The number of nitrogens with one attached hydrogen (secondary N) is 2. The summed E-state index contributed by atoms with van der Waals surface area (Å²) < 4.78 is 29.2. The molecular formula is C23H26F2N6O2S. The predicted octanol–water partition coefficient (Wildman–Crippen LogP) is 4.89. The molecule has 3 aromatic rings. The molecule has 3 N–H and O–H groups in total. The van der Waals surface area contributed by atoms with E-state index in [1.165, 1.54) is 17.8 Å². The molecule has 180 valence electrons. The van der Waals surface area contributed by atoms with Crippen molar-refractivity contribution in [2.24, 2.45) is 17.8 Å². The first-order chi connectivity index (χ1) is 16.1. The number of carboxylic acids is 1. The second-order valence-electron chi connectivity index (χ2n) is 10.1. The maximum absolute atomic E-state index is 15.7. The highest BCUT2D eigenvalue weighted by atomic mass is 32.2. The van der Waals surface area contributed by atoms with Gasteiger partial charge in [-0.25, -0.2) is 19.3 Å². The number of hydrogen-bond donors (Lipinski definition) is 3. The highest BCUT2D eigenvalue weighted by Crippen LogP contribution is 2.47. The largest absolute Gasteiger partial charge is 0.481 e. The lowest BCUT2D eigenvalue weighted by molar-refractivity contribution is -0.148. The number of aromatic nitrogens is 5. The Labute approximate surface area is 199 Å². The smallest absolute Gasteiger partial charge is 0.308 e. The molecule has 3 aliphatic carbocycles. The van der Waals surface area contributed by atoms with Crippen molar-refractivity contribution in [3.05, 3.63) is 23.9 Å². The van der Waals surface area contributed by atoms with Crippen molar-refractivity contribution < 1.29 is 18.7 Å². The fraction of sp³-hybridized carbons (Fsp3) is 0.522. The fourth-order valence-electron chi connectivity index (χ4n) is 5.20. The van der Waals surface area contributed by atoms with Crippen molar-refractivity contribution in [3.63, 3.8) is 0 Å². The SMILES string of the molecule is CC(C)(C)Sc1nc(-c2n[nH]c3ncc(F)cc23)nc(N[C@H]2C3CCC(CC3)[C@@H]2C(=O)O)c1F. The number of aromatic amines is 1. The number of rotatable bonds is 5. The minimum absolute atomic E-state index is 0.0546. The average Bonchev–Trinajstić information content (AvgIpc) is 3.19. The summed E-state index contributed by atoms with van der Waals surface area (Å²) in [4.78, 5) is 24.9. The molecule has 3 aliphatic rings. The number of H-pyrrole nitrogens is 1. The van der Waals surface area contributed by atoms with Crippen molar-refractivity contribution in [1.82, 2.24) is 25.1 Å². The molecule has 2 bridgehead atoms. The van der Waals surface area contributed by atoms with Gasteiger partial charge in [0.15, 0.2) is 23.1 Å². The lowest BCUT2D eigenvalue weighted by Crippen LogP contribution is -2.51. The molecule has 3 aromatic heterocycles. The highest BCUT2D eigenvalue weighted by Gasteiger charge is 2.47. The Morgan fingerprint density at radius 2 is 1.88 bits per heavy atom.